The van der Waals surface area contributed by atoms with Crippen LogP contribution < -0.4 is 10.3 Å². The fourth-order valence-corrected chi connectivity index (χ4v) is 3.93. The first-order valence-electron chi connectivity index (χ1n) is 9.97. The van der Waals surface area contributed by atoms with E-state index in [-0.39, 0.29) is 5.56 Å². The van der Waals surface area contributed by atoms with Crippen molar-refractivity contribution in [2.75, 3.05) is 0 Å². The summed E-state index contributed by atoms with van der Waals surface area (Å²) in [6, 6.07) is 5.80. The minimum atomic E-state index is -0.0492. The highest BCUT2D eigenvalue weighted by molar-refractivity contribution is 5.75. The van der Waals surface area contributed by atoms with E-state index in [2.05, 4.69) is 9.97 Å². The average Bonchev–Trinajstić information content (AvgIpc) is 3.26. The highest BCUT2D eigenvalue weighted by Gasteiger charge is 2.23. The Morgan fingerprint density at radius 1 is 1.08 bits per heavy atom. The van der Waals surface area contributed by atoms with E-state index in [9.17, 15) is 4.79 Å². The number of nitrogens with one attached hydrogen (secondary N) is 1. The van der Waals surface area contributed by atoms with Crippen molar-refractivity contribution in [3.63, 3.8) is 0 Å². The quantitative estimate of drug-likeness (QED) is 0.705. The van der Waals surface area contributed by atoms with Gasteiger partial charge in [0.15, 0.2) is 0 Å². The molecule has 1 N–H and O–H groups in total. The number of aromatic nitrogens is 2. The van der Waals surface area contributed by atoms with Gasteiger partial charge in [-0.15, -0.1) is 0 Å². The van der Waals surface area contributed by atoms with Crippen LogP contribution in [0, 0.1) is 5.92 Å². The van der Waals surface area contributed by atoms with Crippen molar-refractivity contribution >= 4 is 11.0 Å². The average molecular weight is 340 g/mol. The fourth-order valence-electron chi connectivity index (χ4n) is 3.93. The van der Waals surface area contributed by atoms with Crippen LogP contribution in [-0.4, -0.2) is 16.1 Å². The van der Waals surface area contributed by atoms with Gasteiger partial charge in [-0.1, -0.05) is 44.9 Å². The summed E-state index contributed by atoms with van der Waals surface area (Å²) in [6.07, 6.45) is 14.0. The van der Waals surface area contributed by atoms with Gasteiger partial charge >= 0.3 is 0 Å². The maximum Gasteiger partial charge on any atom is 0.270 e. The van der Waals surface area contributed by atoms with Crippen LogP contribution in [0.4, 0.5) is 0 Å². The van der Waals surface area contributed by atoms with Gasteiger partial charge in [0.1, 0.15) is 11.4 Å². The van der Waals surface area contributed by atoms with Crippen LogP contribution >= 0.6 is 0 Å². The lowest BCUT2D eigenvalue weighted by Crippen LogP contribution is -2.15. The second-order valence-corrected chi connectivity index (χ2v) is 7.76. The third-order valence-corrected chi connectivity index (χ3v) is 5.56. The number of hydrogen-bond donors (Lipinski definition) is 1. The Morgan fingerprint density at radius 2 is 1.92 bits per heavy atom. The van der Waals surface area contributed by atoms with E-state index in [1.165, 1.54) is 44.9 Å². The van der Waals surface area contributed by atoms with Crippen molar-refractivity contribution in [3.8, 4) is 5.75 Å². The van der Waals surface area contributed by atoms with Gasteiger partial charge in [0.2, 0.25) is 0 Å². The molecule has 1 heterocycles. The Bertz CT molecular complexity index is 773. The van der Waals surface area contributed by atoms with Crippen LogP contribution in [0.2, 0.25) is 0 Å². The molecule has 4 heteroatoms. The molecule has 4 rings (SSSR count). The van der Waals surface area contributed by atoms with E-state index in [1.807, 2.05) is 18.2 Å². The highest BCUT2D eigenvalue weighted by Crippen LogP contribution is 2.29. The summed E-state index contributed by atoms with van der Waals surface area (Å²) in [7, 11) is 0. The maximum absolute atomic E-state index is 12.3. The summed E-state index contributed by atoms with van der Waals surface area (Å²) >= 11 is 0. The molecule has 0 aliphatic heterocycles. The summed E-state index contributed by atoms with van der Waals surface area (Å²) < 4.78 is 5.79. The van der Waals surface area contributed by atoms with Crippen molar-refractivity contribution < 1.29 is 4.74 Å². The molecule has 0 atom stereocenters. The molecule has 0 saturated heterocycles. The van der Waals surface area contributed by atoms with E-state index in [1.54, 1.807) is 0 Å². The molecule has 1 aromatic heterocycles. The smallest absolute Gasteiger partial charge is 0.270 e. The Morgan fingerprint density at radius 3 is 2.72 bits per heavy atom. The minimum absolute atomic E-state index is 0.0492. The van der Waals surface area contributed by atoms with Crippen LogP contribution in [0.25, 0.3) is 11.0 Å². The van der Waals surface area contributed by atoms with Gasteiger partial charge in [0, 0.05) is 6.07 Å². The van der Waals surface area contributed by atoms with Crippen LogP contribution in [0.1, 0.15) is 69.9 Å². The Labute approximate surface area is 149 Å². The van der Waals surface area contributed by atoms with Gasteiger partial charge in [-0.2, -0.15) is 0 Å². The number of fused-ring (bicyclic) bond motifs is 1. The Kier molecular flexibility index (Phi) is 5.04. The molecular weight excluding hydrogens is 312 g/mol. The standard InChI is InChI=1S/C21H28N2O2/c24-21-19(9-3-1-2-6-15-7-4-5-8-15)22-18-13-12-17(14-20(18)23-21)25-16-10-11-16/h12-16H,1-11H2,(H,23,24). The van der Waals surface area contributed by atoms with E-state index < -0.39 is 0 Å². The van der Waals surface area contributed by atoms with E-state index in [4.69, 9.17) is 4.74 Å². The van der Waals surface area contributed by atoms with Crippen molar-refractivity contribution in [3.05, 3.63) is 34.2 Å². The van der Waals surface area contributed by atoms with Crippen LogP contribution in [-0.2, 0) is 6.42 Å². The molecule has 25 heavy (non-hydrogen) atoms. The second kappa shape index (κ2) is 7.59. The molecule has 0 unspecified atom stereocenters. The molecule has 2 aliphatic rings. The molecule has 2 aromatic rings. The van der Waals surface area contributed by atoms with Crippen LogP contribution in [0.5, 0.6) is 5.75 Å². The predicted octanol–water partition coefficient (Wildman–Crippen LogP) is 4.76. The monoisotopic (exact) mass is 340 g/mol. The summed E-state index contributed by atoms with van der Waals surface area (Å²) in [6.45, 7) is 0. The zero-order chi connectivity index (χ0) is 17.1. The zero-order valence-corrected chi connectivity index (χ0v) is 14.9. The van der Waals surface area contributed by atoms with Crippen molar-refractivity contribution in [2.24, 2.45) is 5.92 Å². The number of aryl methyl sites for hydroxylation is 1. The number of hydrogen-bond acceptors (Lipinski definition) is 3. The van der Waals surface area contributed by atoms with Crippen LogP contribution in [0.3, 0.4) is 0 Å². The molecule has 0 radical (unpaired) electrons. The lowest BCUT2D eigenvalue weighted by atomic mass is 9.99. The lowest BCUT2D eigenvalue weighted by molar-refractivity contribution is 0.303. The molecule has 0 bridgehead atoms. The summed E-state index contributed by atoms with van der Waals surface area (Å²) in [5.74, 6) is 1.79. The number of rotatable bonds is 8. The first kappa shape index (κ1) is 16.6. The number of ether oxygens (including phenoxy) is 1. The topological polar surface area (TPSA) is 55.0 Å². The molecule has 2 aliphatic carbocycles. The number of benzene rings is 1. The number of unbranched alkanes of at least 4 members (excludes halogenated alkanes) is 2. The molecule has 0 spiro atoms. The van der Waals surface area contributed by atoms with Crippen molar-refractivity contribution in [2.45, 2.75) is 76.7 Å². The van der Waals surface area contributed by atoms with Gasteiger partial charge in [-0.25, -0.2) is 4.98 Å². The predicted molar refractivity (Wildman–Crippen MR) is 100 cm³/mol. The normalized spacial score (nSPS) is 18.1. The van der Waals surface area contributed by atoms with Gasteiger partial charge in [-0.3, -0.25) is 4.79 Å². The molecule has 1 aromatic carbocycles. The first-order valence-corrected chi connectivity index (χ1v) is 9.97. The number of nitrogens with zero attached hydrogens (tertiary/aromatic N) is 1. The van der Waals surface area contributed by atoms with Gasteiger partial charge in [0.05, 0.1) is 17.1 Å². The largest absolute Gasteiger partial charge is 0.490 e. The minimum Gasteiger partial charge on any atom is -0.490 e. The van der Waals surface area contributed by atoms with E-state index in [0.29, 0.717) is 11.8 Å². The van der Waals surface area contributed by atoms with Crippen molar-refractivity contribution in [1.29, 1.82) is 0 Å². The van der Waals surface area contributed by atoms with Gasteiger partial charge in [-0.05, 0) is 43.7 Å². The third-order valence-electron chi connectivity index (χ3n) is 5.56. The van der Waals surface area contributed by atoms with Crippen LogP contribution in [0.15, 0.2) is 23.0 Å². The molecule has 134 valence electrons. The SMILES string of the molecule is O=c1[nH]c2cc(OC3CC3)ccc2nc1CCCCCC1CCCC1. The maximum atomic E-state index is 12.3. The number of aromatic amines is 1. The Hall–Kier alpha value is -1.84. The van der Waals surface area contributed by atoms with Gasteiger partial charge in [0.25, 0.3) is 5.56 Å². The summed E-state index contributed by atoms with van der Waals surface area (Å²) in [5.41, 5.74) is 2.24. The van der Waals surface area contributed by atoms with E-state index >= 15 is 0 Å². The van der Waals surface area contributed by atoms with E-state index in [0.717, 1.165) is 48.4 Å². The molecular formula is C21H28N2O2. The summed E-state index contributed by atoms with van der Waals surface area (Å²) in [5, 5.41) is 0. The first-order chi connectivity index (χ1) is 12.3. The highest BCUT2D eigenvalue weighted by atomic mass is 16.5. The summed E-state index contributed by atoms with van der Waals surface area (Å²) in [4.78, 5) is 19.9. The Balaban J connectivity index is 1.32. The third kappa shape index (κ3) is 4.42. The molecule has 4 nitrogen and oxygen atoms in total. The zero-order valence-electron chi connectivity index (χ0n) is 14.9. The molecule has 0 amide bonds. The molecule has 2 saturated carbocycles. The number of H-pyrrole nitrogens is 1. The lowest BCUT2D eigenvalue weighted by Gasteiger charge is -2.08. The van der Waals surface area contributed by atoms with Crippen molar-refractivity contribution in [1.82, 2.24) is 9.97 Å². The molecule has 2 fully saturated rings. The van der Waals surface area contributed by atoms with Gasteiger partial charge < -0.3 is 9.72 Å². The fraction of sp³-hybridized carbons (Fsp3) is 0.619. The second-order valence-electron chi connectivity index (χ2n) is 7.76.